The average molecular weight is 315 g/mol. The van der Waals surface area contributed by atoms with Gasteiger partial charge in [0.05, 0.1) is 17.0 Å². The maximum absolute atomic E-state index is 12.0. The lowest BCUT2D eigenvalue weighted by atomic mass is 10.2. The summed E-state index contributed by atoms with van der Waals surface area (Å²) >= 11 is 4.18. The minimum atomic E-state index is -0.0748. The van der Waals surface area contributed by atoms with Crippen molar-refractivity contribution in [1.82, 2.24) is 15.3 Å². The number of pyridine rings is 2. The van der Waals surface area contributed by atoms with Crippen LogP contribution in [-0.2, 0) is 0 Å². The van der Waals surface area contributed by atoms with E-state index in [4.69, 9.17) is 0 Å². The molecule has 2 aromatic rings. The molecule has 0 aliphatic rings. The van der Waals surface area contributed by atoms with E-state index in [0.717, 1.165) is 36.4 Å². The first kappa shape index (κ1) is 16.5. The molecule has 1 N–H and O–H groups in total. The second-order valence-corrected chi connectivity index (χ2v) is 5.49. The molecule has 2 rings (SSSR count). The number of carbonyl (C=O) groups excluding carboxylic acids is 1. The van der Waals surface area contributed by atoms with Crippen LogP contribution in [-0.4, -0.2) is 28.2 Å². The largest absolute Gasteiger partial charge is 0.352 e. The molecule has 0 fully saturated rings. The van der Waals surface area contributed by atoms with Crippen LogP contribution in [0.15, 0.2) is 42.7 Å². The highest BCUT2D eigenvalue weighted by Gasteiger charge is 2.06. The van der Waals surface area contributed by atoms with E-state index in [0.29, 0.717) is 12.1 Å². The van der Waals surface area contributed by atoms with Crippen molar-refractivity contribution >= 4 is 18.5 Å². The van der Waals surface area contributed by atoms with E-state index in [-0.39, 0.29) is 5.91 Å². The Morgan fingerprint density at radius 1 is 1.00 bits per heavy atom. The number of amides is 1. The zero-order valence-electron chi connectivity index (χ0n) is 12.5. The highest BCUT2D eigenvalue weighted by atomic mass is 32.1. The number of nitrogens with one attached hydrogen (secondary N) is 1. The lowest BCUT2D eigenvalue weighted by molar-refractivity contribution is 0.0952. The van der Waals surface area contributed by atoms with E-state index in [1.54, 1.807) is 18.5 Å². The topological polar surface area (TPSA) is 54.9 Å². The molecule has 0 saturated carbocycles. The van der Waals surface area contributed by atoms with Gasteiger partial charge in [0.1, 0.15) is 0 Å². The summed E-state index contributed by atoms with van der Waals surface area (Å²) in [4.78, 5) is 20.5. The predicted octanol–water partition coefficient (Wildman–Crippen LogP) is 3.36. The van der Waals surface area contributed by atoms with E-state index in [1.165, 1.54) is 6.42 Å². The Hall–Kier alpha value is -1.88. The van der Waals surface area contributed by atoms with Crippen LogP contribution < -0.4 is 5.32 Å². The normalized spacial score (nSPS) is 10.4. The number of rotatable bonds is 8. The molecule has 22 heavy (non-hydrogen) atoms. The van der Waals surface area contributed by atoms with E-state index >= 15 is 0 Å². The van der Waals surface area contributed by atoms with Gasteiger partial charge in [0.25, 0.3) is 5.91 Å². The van der Waals surface area contributed by atoms with Gasteiger partial charge in [-0.05, 0) is 42.9 Å². The number of thiol groups is 1. The standard InChI is InChI=1S/C17H21N3OS/c21-17(19-11-4-1-2-6-12-22)14-8-9-16(20-13-14)15-7-3-5-10-18-15/h3,5,7-10,13,22H,1-2,4,6,11-12H2,(H,19,21). The molecule has 5 heteroatoms. The molecule has 1 amide bonds. The SMILES string of the molecule is O=C(NCCCCCCS)c1ccc(-c2ccccn2)nc1. The van der Waals surface area contributed by atoms with Crippen LogP contribution in [0.5, 0.6) is 0 Å². The van der Waals surface area contributed by atoms with E-state index < -0.39 is 0 Å². The minimum absolute atomic E-state index is 0.0748. The van der Waals surface area contributed by atoms with Crippen molar-refractivity contribution < 1.29 is 4.79 Å². The summed E-state index contributed by atoms with van der Waals surface area (Å²) in [7, 11) is 0. The van der Waals surface area contributed by atoms with Gasteiger partial charge < -0.3 is 5.32 Å². The maximum Gasteiger partial charge on any atom is 0.252 e. The van der Waals surface area contributed by atoms with Crippen LogP contribution in [0.1, 0.15) is 36.0 Å². The Morgan fingerprint density at radius 3 is 2.50 bits per heavy atom. The van der Waals surface area contributed by atoms with Gasteiger partial charge in [-0.3, -0.25) is 14.8 Å². The van der Waals surface area contributed by atoms with E-state index in [9.17, 15) is 4.79 Å². The highest BCUT2D eigenvalue weighted by molar-refractivity contribution is 7.80. The van der Waals surface area contributed by atoms with Crippen molar-refractivity contribution in [3.63, 3.8) is 0 Å². The number of unbranched alkanes of at least 4 members (excludes halogenated alkanes) is 3. The fourth-order valence-electron chi connectivity index (χ4n) is 2.09. The van der Waals surface area contributed by atoms with Gasteiger partial charge in [0.15, 0.2) is 0 Å². The summed E-state index contributed by atoms with van der Waals surface area (Å²) in [6.45, 7) is 0.702. The van der Waals surface area contributed by atoms with E-state index in [2.05, 4.69) is 27.9 Å². The fraction of sp³-hybridized carbons (Fsp3) is 0.353. The predicted molar refractivity (Wildman–Crippen MR) is 92.1 cm³/mol. The zero-order valence-corrected chi connectivity index (χ0v) is 13.4. The Bertz CT molecular complexity index is 572. The summed E-state index contributed by atoms with van der Waals surface area (Å²) in [5.74, 6) is 0.856. The molecule has 2 aromatic heterocycles. The molecule has 4 nitrogen and oxygen atoms in total. The molecule has 0 bridgehead atoms. The molecule has 0 aromatic carbocycles. The molecular weight excluding hydrogens is 294 g/mol. The smallest absolute Gasteiger partial charge is 0.252 e. The second-order valence-electron chi connectivity index (χ2n) is 5.04. The quantitative estimate of drug-likeness (QED) is 0.580. The first-order valence-corrected chi connectivity index (χ1v) is 8.21. The summed E-state index contributed by atoms with van der Waals surface area (Å²) in [6, 6.07) is 9.28. The summed E-state index contributed by atoms with van der Waals surface area (Å²) < 4.78 is 0. The van der Waals surface area contributed by atoms with Gasteiger partial charge in [0, 0.05) is 18.9 Å². The van der Waals surface area contributed by atoms with Crippen molar-refractivity contribution in [1.29, 1.82) is 0 Å². The van der Waals surface area contributed by atoms with Crippen molar-refractivity contribution in [2.45, 2.75) is 25.7 Å². The lowest BCUT2D eigenvalue weighted by Crippen LogP contribution is -2.24. The first-order valence-electron chi connectivity index (χ1n) is 7.58. The van der Waals surface area contributed by atoms with Crippen LogP contribution in [0, 0.1) is 0 Å². The maximum atomic E-state index is 12.0. The van der Waals surface area contributed by atoms with Crippen molar-refractivity contribution in [3.05, 3.63) is 48.3 Å². The molecule has 0 aliphatic heterocycles. The Balaban J connectivity index is 1.81. The fourth-order valence-corrected chi connectivity index (χ4v) is 2.31. The highest BCUT2D eigenvalue weighted by Crippen LogP contribution is 2.13. The zero-order chi connectivity index (χ0) is 15.6. The second kappa shape index (κ2) is 9.20. The summed E-state index contributed by atoms with van der Waals surface area (Å²) in [5.41, 5.74) is 2.15. The molecule has 0 unspecified atom stereocenters. The lowest BCUT2D eigenvalue weighted by Gasteiger charge is -2.06. The van der Waals surface area contributed by atoms with Crippen LogP contribution in [0.4, 0.5) is 0 Å². The monoisotopic (exact) mass is 315 g/mol. The third-order valence-corrected chi connectivity index (χ3v) is 3.64. The van der Waals surface area contributed by atoms with Crippen LogP contribution in [0.2, 0.25) is 0 Å². The molecule has 0 spiro atoms. The molecule has 0 aliphatic carbocycles. The summed E-state index contributed by atoms with van der Waals surface area (Å²) in [5, 5.41) is 2.92. The summed E-state index contributed by atoms with van der Waals surface area (Å²) in [6.07, 6.45) is 7.75. The minimum Gasteiger partial charge on any atom is -0.352 e. The Kier molecular flexibility index (Phi) is 6.90. The Morgan fingerprint density at radius 2 is 1.82 bits per heavy atom. The average Bonchev–Trinajstić information content (AvgIpc) is 2.59. The molecule has 0 radical (unpaired) electrons. The third-order valence-electron chi connectivity index (χ3n) is 3.32. The van der Waals surface area contributed by atoms with Crippen LogP contribution in [0.3, 0.4) is 0 Å². The molecule has 0 saturated heterocycles. The molecule has 0 atom stereocenters. The van der Waals surface area contributed by atoms with E-state index in [1.807, 2.05) is 24.3 Å². The van der Waals surface area contributed by atoms with Gasteiger partial charge in [-0.1, -0.05) is 18.9 Å². The number of hydrogen-bond acceptors (Lipinski definition) is 4. The van der Waals surface area contributed by atoms with Gasteiger partial charge >= 0.3 is 0 Å². The molecular formula is C17H21N3OS. The van der Waals surface area contributed by atoms with Gasteiger partial charge in [-0.25, -0.2) is 0 Å². The van der Waals surface area contributed by atoms with Gasteiger partial charge in [0.2, 0.25) is 0 Å². The molecule has 116 valence electrons. The third kappa shape index (κ3) is 5.15. The van der Waals surface area contributed by atoms with Gasteiger partial charge in [-0.15, -0.1) is 0 Å². The first-order chi connectivity index (χ1) is 10.8. The number of hydrogen-bond donors (Lipinski definition) is 2. The van der Waals surface area contributed by atoms with Crippen LogP contribution in [0.25, 0.3) is 11.4 Å². The molecule has 2 heterocycles. The number of nitrogens with zero attached hydrogens (tertiary/aromatic N) is 2. The number of aromatic nitrogens is 2. The van der Waals surface area contributed by atoms with Crippen molar-refractivity contribution in [2.75, 3.05) is 12.3 Å². The van der Waals surface area contributed by atoms with Crippen molar-refractivity contribution in [2.24, 2.45) is 0 Å². The Labute approximate surface area is 136 Å². The van der Waals surface area contributed by atoms with Gasteiger partial charge in [-0.2, -0.15) is 12.6 Å². The number of carbonyl (C=O) groups is 1. The van der Waals surface area contributed by atoms with Crippen molar-refractivity contribution in [3.8, 4) is 11.4 Å². The van der Waals surface area contributed by atoms with Crippen LogP contribution >= 0.6 is 12.6 Å².